The van der Waals surface area contributed by atoms with E-state index in [4.69, 9.17) is 0 Å². The Morgan fingerprint density at radius 3 is 2.85 bits per heavy atom. The number of hydrogen-bond acceptors (Lipinski definition) is 4. The molecule has 1 aromatic rings. The van der Waals surface area contributed by atoms with Gasteiger partial charge < -0.3 is 15.5 Å². The van der Waals surface area contributed by atoms with E-state index in [2.05, 4.69) is 38.2 Å². The van der Waals surface area contributed by atoms with Crippen LogP contribution in [-0.2, 0) is 6.54 Å². The molecule has 0 radical (unpaired) electrons. The number of rotatable bonds is 6. The molecule has 0 spiro atoms. The first-order valence-electron chi connectivity index (χ1n) is 6.03. The molecule has 8 heteroatoms. The van der Waals surface area contributed by atoms with Crippen molar-refractivity contribution in [3.05, 3.63) is 33.7 Å². The maximum absolute atomic E-state index is 11.9. The van der Waals surface area contributed by atoms with Gasteiger partial charge >= 0.3 is 6.03 Å². The minimum absolute atomic E-state index is 0.162. The quantitative estimate of drug-likeness (QED) is 0.593. The van der Waals surface area contributed by atoms with Crippen molar-refractivity contribution in [1.82, 2.24) is 20.0 Å². The monoisotopic (exact) mass is 343 g/mol. The number of carbonyl (C=O) groups is 1. The van der Waals surface area contributed by atoms with Crippen molar-refractivity contribution in [1.29, 1.82) is 0 Å². The number of hydrogen-bond donors (Lipinski definition) is 2. The second kappa shape index (κ2) is 7.68. The lowest BCUT2D eigenvalue weighted by Gasteiger charge is -2.13. The molecule has 0 aliphatic heterocycles. The molecule has 0 unspecified atom stereocenters. The Labute approximate surface area is 125 Å². The zero-order valence-corrected chi connectivity index (χ0v) is 13.1. The fraction of sp³-hybridized carbons (Fsp3) is 0.417. The zero-order valence-electron chi connectivity index (χ0n) is 11.5. The van der Waals surface area contributed by atoms with Crippen LogP contribution < -0.4 is 16.2 Å². The summed E-state index contributed by atoms with van der Waals surface area (Å²) in [5.74, 6) is 0. The molecule has 110 valence electrons. The summed E-state index contributed by atoms with van der Waals surface area (Å²) in [7, 11) is 3.34. The van der Waals surface area contributed by atoms with Gasteiger partial charge in [-0.2, -0.15) is 5.10 Å². The molecular formula is C12H18BrN5O2. The summed E-state index contributed by atoms with van der Waals surface area (Å²) in [6.07, 6.45) is 3.16. The van der Waals surface area contributed by atoms with Gasteiger partial charge in [0.15, 0.2) is 0 Å². The highest BCUT2D eigenvalue weighted by atomic mass is 79.9. The molecule has 0 aromatic carbocycles. The SMILES string of the molecule is C=CCn1ncc(NCCNC(=O)N(C)C)c(Br)c1=O. The molecule has 1 rings (SSSR count). The van der Waals surface area contributed by atoms with E-state index in [1.54, 1.807) is 26.4 Å². The van der Waals surface area contributed by atoms with Crippen LogP contribution in [0.2, 0.25) is 0 Å². The Kier molecular flexibility index (Phi) is 6.23. The Balaban J connectivity index is 2.57. The van der Waals surface area contributed by atoms with Crippen LogP contribution >= 0.6 is 15.9 Å². The van der Waals surface area contributed by atoms with Crippen LogP contribution in [0, 0.1) is 0 Å². The predicted octanol–water partition coefficient (Wildman–Crippen LogP) is 0.875. The highest BCUT2D eigenvalue weighted by Crippen LogP contribution is 2.15. The van der Waals surface area contributed by atoms with Gasteiger partial charge in [-0.15, -0.1) is 6.58 Å². The highest BCUT2D eigenvalue weighted by Gasteiger charge is 2.08. The lowest BCUT2D eigenvalue weighted by atomic mass is 10.4. The maximum Gasteiger partial charge on any atom is 0.316 e. The Hall–Kier alpha value is -1.83. The van der Waals surface area contributed by atoms with Crippen LogP contribution in [0.3, 0.4) is 0 Å². The van der Waals surface area contributed by atoms with Gasteiger partial charge in [-0.05, 0) is 15.9 Å². The molecule has 0 saturated heterocycles. The van der Waals surface area contributed by atoms with Crippen molar-refractivity contribution < 1.29 is 4.79 Å². The number of halogens is 1. The summed E-state index contributed by atoms with van der Waals surface area (Å²) < 4.78 is 1.71. The van der Waals surface area contributed by atoms with Gasteiger partial charge in [0, 0.05) is 27.2 Å². The van der Waals surface area contributed by atoms with Gasteiger partial charge in [0.25, 0.3) is 5.56 Å². The van der Waals surface area contributed by atoms with Crippen LogP contribution in [0.1, 0.15) is 0 Å². The van der Waals surface area contributed by atoms with E-state index in [-0.39, 0.29) is 11.6 Å². The van der Waals surface area contributed by atoms with Crippen molar-refractivity contribution in [2.75, 3.05) is 32.5 Å². The van der Waals surface area contributed by atoms with Crippen LogP contribution in [0.4, 0.5) is 10.5 Å². The highest BCUT2D eigenvalue weighted by molar-refractivity contribution is 9.10. The number of anilines is 1. The predicted molar refractivity (Wildman–Crippen MR) is 82.0 cm³/mol. The molecule has 2 N–H and O–H groups in total. The maximum atomic E-state index is 11.9. The smallest absolute Gasteiger partial charge is 0.316 e. The average Bonchev–Trinajstić information content (AvgIpc) is 2.41. The molecule has 0 saturated carbocycles. The molecule has 1 heterocycles. The summed E-state index contributed by atoms with van der Waals surface area (Å²) in [6, 6.07) is -0.162. The van der Waals surface area contributed by atoms with Gasteiger partial charge in [0.2, 0.25) is 0 Å². The minimum Gasteiger partial charge on any atom is -0.381 e. The first-order chi connectivity index (χ1) is 9.47. The number of amides is 2. The standard InChI is InChI=1S/C12H18BrN5O2/c1-4-7-18-11(19)10(13)9(8-16-18)14-5-6-15-12(20)17(2)3/h4,8,14H,1,5-7H2,2-3H3,(H,15,20). The summed E-state index contributed by atoms with van der Waals surface area (Å²) in [5.41, 5.74) is 0.363. The van der Waals surface area contributed by atoms with Gasteiger partial charge in [-0.3, -0.25) is 4.79 Å². The third kappa shape index (κ3) is 4.37. The second-order valence-corrected chi connectivity index (χ2v) is 4.99. The van der Waals surface area contributed by atoms with Gasteiger partial charge in [0.1, 0.15) is 4.47 Å². The normalized spacial score (nSPS) is 9.95. The topological polar surface area (TPSA) is 79.3 Å². The van der Waals surface area contributed by atoms with Crippen LogP contribution in [0.15, 0.2) is 28.1 Å². The molecule has 0 fully saturated rings. The van der Waals surface area contributed by atoms with E-state index in [0.29, 0.717) is 29.8 Å². The molecule has 0 bridgehead atoms. The fourth-order valence-corrected chi connectivity index (χ4v) is 1.81. The Morgan fingerprint density at radius 2 is 2.25 bits per heavy atom. The summed E-state index contributed by atoms with van der Waals surface area (Å²) in [4.78, 5) is 24.6. The molecule has 0 aliphatic carbocycles. The number of nitrogens with one attached hydrogen (secondary N) is 2. The van der Waals surface area contributed by atoms with E-state index in [1.165, 1.54) is 9.58 Å². The van der Waals surface area contributed by atoms with Crippen LogP contribution in [-0.4, -0.2) is 47.9 Å². The van der Waals surface area contributed by atoms with Gasteiger partial charge in [-0.1, -0.05) is 6.08 Å². The lowest BCUT2D eigenvalue weighted by molar-refractivity contribution is 0.218. The number of nitrogens with zero attached hydrogens (tertiary/aromatic N) is 3. The van der Waals surface area contributed by atoms with Crippen molar-refractivity contribution in [3.63, 3.8) is 0 Å². The molecule has 2 amide bonds. The van der Waals surface area contributed by atoms with Crippen LogP contribution in [0.25, 0.3) is 0 Å². The molecule has 0 atom stereocenters. The number of urea groups is 1. The van der Waals surface area contributed by atoms with Gasteiger partial charge in [-0.25, -0.2) is 9.48 Å². The number of aromatic nitrogens is 2. The summed E-state index contributed by atoms with van der Waals surface area (Å²) in [5, 5.41) is 9.76. The number of allylic oxidation sites excluding steroid dienone is 1. The van der Waals surface area contributed by atoms with Crippen molar-refractivity contribution >= 4 is 27.6 Å². The van der Waals surface area contributed by atoms with Crippen LogP contribution in [0.5, 0.6) is 0 Å². The summed E-state index contributed by atoms with van der Waals surface area (Å²) >= 11 is 3.24. The van der Waals surface area contributed by atoms with E-state index in [1.807, 2.05) is 0 Å². The second-order valence-electron chi connectivity index (χ2n) is 4.20. The van der Waals surface area contributed by atoms with Crippen molar-refractivity contribution in [2.24, 2.45) is 0 Å². The third-order valence-electron chi connectivity index (χ3n) is 2.41. The molecule has 0 aliphatic rings. The van der Waals surface area contributed by atoms with Gasteiger partial charge in [0.05, 0.1) is 18.4 Å². The summed E-state index contributed by atoms with van der Waals surface area (Å²) in [6.45, 7) is 4.86. The first-order valence-corrected chi connectivity index (χ1v) is 6.82. The molecule has 20 heavy (non-hydrogen) atoms. The lowest BCUT2D eigenvalue weighted by Crippen LogP contribution is -2.37. The Bertz CT molecular complexity index is 541. The Morgan fingerprint density at radius 1 is 1.55 bits per heavy atom. The third-order valence-corrected chi connectivity index (χ3v) is 3.18. The van der Waals surface area contributed by atoms with E-state index in [0.717, 1.165) is 0 Å². The molecule has 1 aromatic heterocycles. The fourth-order valence-electron chi connectivity index (χ4n) is 1.37. The molecule has 7 nitrogen and oxygen atoms in total. The van der Waals surface area contributed by atoms with E-state index in [9.17, 15) is 9.59 Å². The first kappa shape index (κ1) is 16.2. The van der Waals surface area contributed by atoms with E-state index >= 15 is 0 Å². The van der Waals surface area contributed by atoms with E-state index < -0.39 is 0 Å². The zero-order chi connectivity index (χ0) is 15.1. The molecular weight excluding hydrogens is 326 g/mol. The van der Waals surface area contributed by atoms with Crippen molar-refractivity contribution in [3.8, 4) is 0 Å². The minimum atomic E-state index is -0.229. The number of carbonyl (C=O) groups excluding carboxylic acids is 1. The largest absolute Gasteiger partial charge is 0.381 e. The average molecular weight is 344 g/mol. The van der Waals surface area contributed by atoms with Crippen molar-refractivity contribution in [2.45, 2.75) is 6.54 Å².